The van der Waals surface area contributed by atoms with Crippen molar-refractivity contribution in [3.63, 3.8) is 0 Å². The SMILES string of the molecule is Cc1cccc(C)c1N(CC(=O)N(Cc1ccc(Cl)cc1Cl)[C@H](Cc1ccccc1)C(=O)NC1CCCC1)S(C)(=O)=O. The fraction of sp³-hybridized carbons (Fsp3) is 0.375. The summed E-state index contributed by atoms with van der Waals surface area (Å²) in [6.45, 7) is 3.14. The molecule has 0 unspecified atom stereocenters. The molecule has 3 aromatic carbocycles. The number of sulfonamides is 1. The molecule has 1 aliphatic rings. The second kappa shape index (κ2) is 13.9. The Morgan fingerprint density at radius 2 is 1.60 bits per heavy atom. The maximum atomic E-state index is 14.3. The summed E-state index contributed by atoms with van der Waals surface area (Å²) in [6.07, 6.45) is 5.18. The molecular weight excluding hydrogens is 593 g/mol. The van der Waals surface area contributed by atoms with Gasteiger partial charge in [0.2, 0.25) is 21.8 Å². The van der Waals surface area contributed by atoms with Crippen molar-refractivity contribution >= 4 is 50.7 Å². The predicted molar refractivity (Wildman–Crippen MR) is 169 cm³/mol. The predicted octanol–water partition coefficient (Wildman–Crippen LogP) is 6.08. The third-order valence-electron chi connectivity index (χ3n) is 7.70. The molecule has 42 heavy (non-hydrogen) atoms. The number of halogens is 2. The number of amides is 2. The average molecular weight is 631 g/mol. The molecule has 224 valence electrons. The Bertz CT molecular complexity index is 1510. The molecule has 0 heterocycles. The fourth-order valence-electron chi connectivity index (χ4n) is 5.53. The number of hydrogen-bond acceptors (Lipinski definition) is 4. The molecule has 0 spiro atoms. The number of anilines is 1. The molecule has 1 fully saturated rings. The Morgan fingerprint density at radius 1 is 0.952 bits per heavy atom. The normalized spacial score (nSPS) is 14.4. The van der Waals surface area contributed by atoms with Gasteiger partial charge in [0.1, 0.15) is 12.6 Å². The lowest BCUT2D eigenvalue weighted by molar-refractivity contribution is -0.140. The quantitative estimate of drug-likeness (QED) is 0.279. The molecule has 0 bridgehead atoms. The minimum atomic E-state index is -3.86. The van der Waals surface area contributed by atoms with Gasteiger partial charge in [-0.25, -0.2) is 8.42 Å². The molecular formula is C32H37Cl2N3O4S. The average Bonchev–Trinajstić information content (AvgIpc) is 3.44. The largest absolute Gasteiger partial charge is 0.352 e. The molecule has 2 amide bonds. The van der Waals surface area contributed by atoms with E-state index in [0.717, 1.165) is 52.9 Å². The number of rotatable bonds is 11. The van der Waals surface area contributed by atoms with E-state index in [1.165, 1.54) is 4.90 Å². The smallest absolute Gasteiger partial charge is 0.244 e. The zero-order valence-corrected chi connectivity index (χ0v) is 26.5. The monoisotopic (exact) mass is 629 g/mol. The van der Waals surface area contributed by atoms with Crippen LogP contribution in [-0.2, 0) is 32.6 Å². The summed E-state index contributed by atoms with van der Waals surface area (Å²) >= 11 is 12.7. The van der Waals surface area contributed by atoms with E-state index in [2.05, 4.69) is 5.32 Å². The zero-order valence-electron chi connectivity index (χ0n) is 24.1. The number of aryl methyl sites for hydroxylation is 2. The molecule has 0 aromatic heterocycles. The molecule has 1 aliphatic carbocycles. The number of carbonyl (C=O) groups excluding carboxylic acids is 2. The van der Waals surface area contributed by atoms with Crippen LogP contribution in [0.2, 0.25) is 10.0 Å². The highest BCUT2D eigenvalue weighted by Crippen LogP contribution is 2.29. The van der Waals surface area contributed by atoms with Gasteiger partial charge < -0.3 is 10.2 Å². The highest BCUT2D eigenvalue weighted by Gasteiger charge is 2.35. The minimum Gasteiger partial charge on any atom is -0.352 e. The Kier molecular flexibility index (Phi) is 10.6. The van der Waals surface area contributed by atoms with E-state index in [9.17, 15) is 18.0 Å². The van der Waals surface area contributed by atoms with E-state index in [0.29, 0.717) is 21.3 Å². The molecule has 10 heteroatoms. The highest BCUT2D eigenvalue weighted by molar-refractivity contribution is 7.92. The third kappa shape index (κ3) is 8.06. The van der Waals surface area contributed by atoms with E-state index >= 15 is 0 Å². The van der Waals surface area contributed by atoms with Crippen LogP contribution < -0.4 is 9.62 Å². The van der Waals surface area contributed by atoms with Crippen LogP contribution in [0.1, 0.15) is 47.9 Å². The van der Waals surface area contributed by atoms with Gasteiger partial charge in [0.05, 0.1) is 11.9 Å². The molecule has 0 radical (unpaired) electrons. The van der Waals surface area contributed by atoms with E-state index in [1.807, 2.05) is 62.4 Å². The van der Waals surface area contributed by atoms with Crippen LogP contribution in [0.15, 0.2) is 66.7 Å². The van der Waals surface area contributed by atoms with E-state index in [4.69, 9.17) is 23.2 Å². The first-order valence-electron chi connectivity index (χ1n) is 14.1. The lowest BCUT2D eigenvalue weighted by atomic mass is 10.0. The molecule has 1 saturated carbocycles. The van der Waals surface area contributed by atoms with Gasteiger partial charge in [-0.15, -0.1) is 0 Å². The minimum absolute atomic E-state index is 0.00518. The standard InChI is InChI=1S/C32H37Cl2N3O4S/c1-22-10-9-11-23(2)31(22)37(42(3,40)41)21-30(38)36(20-25-16-17-26(33)19-28(25)34)29(18-24-12-5-4-6-13-24)32(39)35-27-14-7-8-15-27/h4-6,9-13,16-17,19,27,29H,7-8,14-15,18,20-21H2,1-3H3,(H,35,39)/t29-/m1/s1. The highest BCUT2D eigenvalue weighted by atomic mass is 35.5. The van der Waals surface area contributed by atoms with Gasteiger partial charge >= 0.3 is 0 Å². The summed E-state index contributed by atoms with van der Waals surface area (Å²) in [5.41, 5.74) is 3.37. The maximum absolute atomic E-state index is 14.3. The van der Waals surface area contributed by atoms with Crippen molar-refractivity contribution in [1.82, 2.24) is 10.2 Å². The number of nitrogens with zero attached hydrogens (tertiary/aromatic N) is 2. The molecule has 1 N–H and O–H groups in total. The van der Waals surface area contributed by atoms with Crippen molar-refractivity contribution in [3.05, 3.63) is 99.0 Å². The van der Waals surface area contributed by atoms with E-state index in [1.54, 1.807) is 18.2 Å². The number of carbonyl (C=O) groups is 2. The van der Waals surface area contributed by atoms with Crippen molar-refractivity contribution in [1.29, 1.82) is 0 Å². The van der Waals surface area contributed by atoms with Crippen LogP contribution in [0.3, 0.4) is 0 Å². The lowest BCUT2D eigenvalue weighted by Crippen LogP contribution is -2.54. The van der Waals surface area contributed by atoms with Crippen LogP contribution in [-0.4, -0.2) is 50.0 Å². The topological polar surface area (TPSA) is 86.8 Å². The van der Waals surface area contributed by atoms with Crippen LogP contribution in [0.5, 0.6) is 0 Å². The first-order valence-corrected chi connectivity index (χ1v) is 16.7. The Morgan fingerprint density at radius 3 is 2.19 bits per heavy atom. The lowest BCUT2D eigenvalue weighted by Gasteiger charge is -2.34. The van der Waals surface area contributed by atoms with E-state index < -0.39 is 28.5 Å². The van der Waals surface area contributed by atoms with Gasteiger partial charge in [0.25, 0.3) is 0 Å². The van der Waals surface area contributed by atoms with Gasteiger partial charge in [-0.1, -0.05) is 90.6 Å². The fourth-order valence-corrected chi connectivity index (χ4v) is 6.96. The van der Waals surface area contributed by atoms with Crippen LogP contribution >= 0.6 is 23.2 Å². The number of benzene rings is 3. The Balaban J connectivity index is 1.77. The first kappa shape index (κ1) is 31.9. The molecule has 7 nitrogen and oxygen atoms in total. The van der Waals surface area contributed by atoms with Gasteiger partial charge in [-0.3, -0.25) is 13.9 Å². The van der Waals surface area contributed by atoms with Crippen molar-refractivity contribution in [3.8, 4) is 0 Å². The van der Waals surface area contributed by atoms with Crippen molar-refractivity contribution in [2.75, 3.05) is 17.1 Å². The summed E-state index contributed by atoms with van der Waals surface area (Å²) in [5.74, 6) is -0.793. The molecule has 4 rings (SSSR count). The number of nitrogens with one attached hydrogen (secondary N) is 1. The molecule has 3 aromatic rings. The van der Waals surface area contributed by atoms with E-state index in [-0.39, 0.29) is 24.9 Å². The Hall–Kier alpha value is -3.07. The van der Waals surface area contributed by atoms with Crippen LogP contribution in [0, 0.1) is 13.8 Å². The zero-order chi connectivity index (χ0) is 30.4. The van der Waals surface area contributed by atoms with Gasteiger partial charge in [-0.05, 0) is 61.1 Å². The maximum Gasteiger partial charge on any atom is 0.244 e. The summed E-state index contributed by atoms with van der Waals surface area (Å²) in [6, 6.07) is 19.1. The number of para-hydroxylation sites is 1. The number of hydrogen-bond donors (Lipinski definition) is 1. The van der Waals surface area contributed by atoms with Crippen molar-refractivity contribution < 1.29 is 18.0 Å². The molecule has 0 aliphatic heterocycles. The van der Waals surface area contributed by atoms with Crippen LogP contribution in [0.4, 0.5) is 5.69 Å². The second-order valence-corrected chi connectivity index (χ2v) is 13.7. The third-order valence-corrected chi connectivity index (χ3v) is 9.40. The molecule has 0 saturated heterocycles. The van der Waals surface area contributed by atoms with Gasteiger partial charge in [0, 0.05) is 29.1 Å². The van der Waals surface area contributed by atoms with Crippen molar-refractivity contribution in [2.45, 2.75) is 64.6 Å². The summed E-state index contributed by atoms with van der Waals surface area (Å²) in [7, 11) is -3.86. The van der Waals surface area contributed by atoms with Gasteiger partial charge in [-0.2, -0.15) is 0 Å². The second-order valence-electron chi connectivity index (χ2n) is 11.0. The summed E-state index contributed by atoms with van der Waals surface area (Å²) < 4.78 is 27.3. The summed E-state index contributed by atoms with van der Waals surface area (Å²) in [5, 5.41) is 3.95. The van der Waals surface area contributed by atoms with Crippen molar-refractivity contribution in [2.24, 2.45) is 0 Å². The first-order chi connectivity index (χ1) is 19.9. The van der Waals surface area contributed by atoms with Crippen LogP contribution in [0.25, 0.3) is 0 Å². The Labute approximate surface area is 258 Å². The van der Waals surface area contributed by atoms with Gasteiger partial charge in [0.15, 0.2) is 0 Å². The summed E-state index contributed by atoms with van der Waals surface area (Å²) in [4.78, 5) is 29.7. The molecule has 1 atom stereocenters.